The molecule has 0 atom stereocenters. The van der Waals surface area contributed by atoms with Crippen LogP contribution >= 0.6 is 23.2 Å². The van der Waals surface area contributed by atoms with E-state index < -0.39 is 0 Å². The van der Waals surface area contributed by atoms with Gasteiger partial charge in [-0.05, 0) is 67.8 Å². The Labute approximate surface area is 129 Å². The van der Waals surface area contributed by atoms with Crippen LogP contribution in [0.25, 0.3) is 0 Å². The SMILES string of the molecule is Cc1cc(Oc2cc(Cl)ccc2CCN)cc(C)c1Cl. The number of aryl methyl sites for hydroxylation is 2. The molecule has 0 bridgehead atoms. The van der Waals surface area contributed by atoms with Crippen molar-refractivity contribution in [3.8, 4) is 11.5 Å². The molecule has 20 heavy (non-hydrogen) atoms. The zero-order valence-electron chi connectivity index (χ0n) is 11.5. The first-order valence-corrected chi connectivity index (χ1v) is 7.20. The average Bonchev–Trinajstić information content (AvgIpc) is 2.39. The van der Waals surface area contributed by atoms with Crippen LogP contribution in [-0.2, 0) is 6.42 Å². The predicted octanol–water partition coefficient (Wildman–Crippen LogP) is 4.90. The maximum Gasteiger partial charge on any atom is 0.132 e. The van der Waals surface area contributed by atoms with Gasteiger partial charge in [-0.15, -0.1) is 0 Å². The first kappa shape index (κ1) is 15.2. The molecular formula is C16H17Cl2NO. The van der Waals surface area contributed by atoms with E-state index in [0.29, 0.717) is 11.6 Å². The van der Waals surface area contributed by atoms with Gasteiger partial charge in [0.2, 0.25) is 0 Å². The first-order chi connectivity index (χ1) is 9.51. The lowest BCUT2D eigenvalue weighted by Gasteiger charge is -2.13. The first-order valence-electron chi connectivity index (χ1n) is 6.44. The lowest BCUT2D eigenvalue weighted by Crippen LogP contribution is -2.04. The van der Waals surface area contributed by atoms with E-state index in [1.165, 1.54) is 0 Å². The van der Waals surface area contributed by atoms with Crippen molar-refractivity contribution in [3.63, 3.8) is 0 Å². The summed E-state index contributed by atoms with van der Waals surface area (Å²) >= 11 is 12.2. The number of nitrogens with two attached hydrogens (primary N) is 1. The maximum atomic E-state index is 6.17. The van der Waals surface area contributed by atoms with Crippen LogP contribution in [0.2, 0.25) is 10.0 Å². The largest absolute Gasteiger partial charge is 0.457 e. The molecule has 0 saturated heterocycles. The van der Waals surface area contributed by atoms with E-state index in [9.17, 15) is 0 Å². The summed E-state index contributed by atoms with van der Waals surface area (Å²) in [6.07, 6.45) is 0.748. The topological polar surface area (TPSA) is 35.2 Å². The molecule has 0 amide bonds. The third-order valence-corrected chi connectivity index (χ3v) is 3.91. The molecule has 4 heteroatoms. The summed E-state index contributed by atoms with van der Waals surface area (Å²) < 4.78 is 5.96. The average molecular weight is 310 g/mol. The summed E-state index contributed by atoms with van der Waals surface area (Å²) in [5.41, 5.74) is 8.65. The van der Waals surface area contributed by atoms with Gasteiger partial charge in [0.15, 0.2) is 0 Å². The molecule has 0 heterocycles. The minimum absolute atomic E-state index is 0.566. The Morgan fingerprint density at radius 3 is 2.30 bits per heavy atom. The van der Waals surface area contributed by atoms with E-state index in [-0.39, 0.29) is 0 Å². The molecule has 0 saturated carbocycles. The Hall–Kier alpha value is -1.22. The number of ether oxygens (including phenoxy) is 1. The quantitative estimate of drug-likeness (QED) is 0.871. The highest BCUT2D eigenvalue weighted by atomic mass is 35.5. The lowest BCUT2D eigenvalue weighted by atomic mass is 10.1. The summed E-state index contributed by atoms with van der Waals surface area (Å²) in [4.78, 5) is 0. The van der Waals surface area contributed by atoms with Gasteiger partial charge in [0.1, 0.15) is 11.5 Å². The van der Waals surface area contributed by atoms with Gasteiger partial charge in [-0.2, -0.15) is 0 Å². The van der Waals surface area contributed by atoms with Crippen molar-refractivity contribution in [2.45, 2.75) is 20.3 Å². The second kappa shape index (κ2) is 6.49. The van der Waals surface area contributed by atoms with Crippen molar-refractivity contribution in [3.05, 3.63) is 57.1 Å². The molecular weight excluding hydrogens is 293 g/mol. The second-order valence-electron chi connectivity index (χ2n) is 4.76. The fraction of sp³-hybridized carbons (Fsp3) is 0.250. The molecule has 0 aliphatic heterocycles. The molecule has 106 valence electrons. The van der Waals surface area contributed by atoms with Gasteiger partial charge in [0.25, 0.3) is 0 Å². The van der Waals surface area contributed by atoms with Crippen LogP contribution in [0.1, 0.15) is 16.7 Å². The smallest absolute Gasteiger partial charge is 0.132 e. The highest BCUT2D eigenvalue weighted by molar-refractivity contribution is 6.32. The van der Waals surface area contributed by atoms with Crippen molar-refractivity contribution in [2.24, 2.45) is 5.73 Å². The minimum Gasteiger partial charge on any atom is -0.457 e. The van der Waals surface area contributed by atoms with Gasteiger partial charge in [-0.3, -0.25) is 0 Å². The van der Waals surface area contributed by atoms with Crippen LogP contribution in [-0.4, -0.2) is 6.54 Å². The normalized spacial score (nSPS) is 10.7. The van der Waals surface area contributed by atoms with Gasteiger partial charge >= 0.3 is 0 Å². The number of halogens is 2. The summed E-state index contributed by atoms with van der Waals surface area (Å²) in [5, 5.41) is 1.41. The zero-order valence-corrected chi connectivity index (χ0v) is 13.1. The van der Waals surface area contributed by atoms with E-state index >= 15 is 0 Å². The number of benzene rings is 2. The fourth-order valence-corrected chi connectivity index (χ4v) is 2.35. The molecule has 0 aromatic heterocycles. The second-order valence-corrected chi connectivity index (χ2v) is 5.58. The van der Waals surface area contributed by atoms with Crippen LogP contribution in [0.4, 0.5) is 0 Å². The molecule has 2 aromatic carbocycles. The maximum absolute atomic E-state index is 6.17. The highest BCUT2D eigenvalue weighted by Crippen LogP contribution is 2.32. The number of hydrogen-bond acceptors (Lipinski definition) is 2. The van der Waals surface area contributed by atoms with Gasteiger partial charge < -0.3 is 10.5 Å². The monoisotopic (exact) mass is 309 g/mol. The predicted molar refractivity (Wildman–Crippen MR) is 85.2 cm³/mol. The van der Waals surface area contributed by atoms with Crippen LogP contribution < -0.4 is 10.5 Å². The molecule has 0 fully saturated rings. The Balaban J connectivity index is 2.36. The van der Waals surface area contributed by atoms with Crippen molar-refractivity contribution < 1.29 is 4.74 Å². The lowest BCUT2D eigenvalue weighted by molar-refractivity contribution is 0.475. The fourth-order valence-electron chi connectivity index (χ4n) is 2.08. The van der Waals surface area contributed by atoms with Crippen LogP contribution in [0.3, 0.4) is 0 Å². The number of hydrogen-bond donors (Lipinski definition) is 1. The Morgan fingerprint density at radius 1 is 1.05 bits per heavy atom. The Morgan fingerprint density at radius 2 is 1.70 bits per heavy atom. The molecule has 2 N–H and O–H groups in total. The summed E-state index contributed by atoms with van der Waals surface area (Å²) in [7, 11) is 0. The van der Waals surface area contributed by atoms with Gasteiger partial charge in [0.05, 0.1) is 0 Å². The standard InChI is InChI=1S/C16H17Cl2NO/c1-10-7-14(8-11(2)16(10)18)20-15-9-13(17)4-3-12(15)5-6-19/h3-4,7-9H,5-6,19H2,1-2H3. The molecule has 0 unspecified atom stereocenters. The van der Waals surface area contributed by atoms with Crippen molar-refractivity contribution in [1.29, 1.82) is 0 Å². The van der Waals surface area contributed by atoms with Crippen molar-refractivity contribution in [2.75, 3.05) is 6.54 Å². The van der Waals surface area contributed by atoms with Crippen LogP contribution in [0.15, 0.2) is 30.3 Å². The summed E-state index contributed by atoms with van der Waals surface area (Å²) in [6.45, 7) is 4.48. The molecule has 2 nitrogen and oxygen atoms in total. The van der Waals surface area contributed by atoms with Crippen molar-refractivity contribution >= 4 is 23.2 Å². The van der Waals surface area contributed by atoms with Gasteiger partial charge in [0, 0.05) is 10.0 Å². The van der Waals surface area contributed by atoms with Crippen LogP contribution in [0.5, 0.6) is 11.5 Å². The molecule has 2 rings (SSSR count). The van der Waals surface area contributed by atoms with Gasteiger partial charge in [-0.25, -0.2) is 0 Å². The van der Waals surface area contributed by atoms with Crippen molar-refractivity contribution in [1.82, 2.24) is 0 Å². The highest BCUT2D eigenvalue weighted by Gasteiger charge is 2.08. The number of rotatable bonds is 4. The van der Waals surface area contributed by atoms with E-state index in [4.69, 9.17) is 33.7 Å². The molecule has 2 aromatic rings. The molecule has 0 spiro atoms. The summed E-state index contributed by atoms with van der Waals surface area (Å²) in [5.74, 6) is 1.49. The van der Waals surface area contributed by atoms with E-state index in [1.54, 1.807) is 0 Å². The Kier molecular flexibility index (Phi) is 4.92. The minimum atomic E-state index is 0.566. The third-order valence-electron chi connectivity index (χ3n) is 3.08. The van der Waals surface area contributed by atoms with E-state index in [1.807, 2.05) is 44.2 Å². The molecule has 0 aliphatic carbocycles. The molecule has 0 aliphatic rings. The van der Waals surface area contributed by atoms with E-state index in [2.05, 4.69) is 0 Å². The zero-order chi connectivity index (χ0) is 14.7. The molecule has 0 radical (unpaired) electrons. The third kappa shape index (κ3) is 3.45. The van der Waals surface area contributed by atoms with Crippen LogP contribution in [0, 0.1) is 13.8 Å². The van der Waals surface area contributed by atoms with E-state index in [0.717, 1.165) is 39.6 Å². The summed E-state index contributed by atoms with van der Waals surface area (Å²) in [6, 6.07) is 9.44. The van der Waals surface area contributed by atoms with Gasteiger partial charge in [-0.1, -0.05) is 29.3 Å². The Bertz CT molecular complexity index is 603.